The van der Waals surface area contributed by atoms with E-state index in [9.17, 15) is 28.8 Å². The van der Waals surface area contributed by atoms with E-state index in [0.717, 1.165) is 22.1 Å². The van der Waals surface area contributed by atoms with E-state index in [2.05, 4.69) is 15.6 Å². The van der Waals surface area contributed by atoms with E-state index in [1.165, 1.54) is 11.3 Å². The molecule has 0 aliphatic carbocycles. The van der Waals surface area contributed by atoms with Crippen molar-refractivity contribution in [3.05, 3.63) is 87.9 Å². The molecule has 9 atom stereocenters. The Labute approximate surface area is 459 Å². The molecular formula is C57H85N7O12S. The number of amides is 6. The summed E-state index contributed by atoms with van der Waals surface area (Å²) >= 11 is 1.49. The van der Waals surface area contributed by atoms with Gasteiger partial charge in [0.25, 0.3) is 11.8 Å². The number of likely N-dealkylation sites (tertiary alicyclic amines) is 1. The highest BCUT2D eigenvalue weighted by Crippen LogP contribution is 2.31. The number of imide groups is 1. The van der Waals surface area contributed by atoms with Crippen LogP contribution in [0.4, 0.5) is 0 Å². The lowest BCUT2D eigenvalue weighted by Gasteiger charge is -2.41. The van der Waals surface area contributed by atoms with E-state index < -0.39 is 48.1 Å². The fraction of sp³-hybridized carbons (Fsp3) is 0.632. The molecule has 77 heavy (non-hydrogen) atoms. The number of fused-ring (bicyclic) bond motifs is 1. The van der Waals surface area contributed by atoms with Crippen molar-refractivity contribution in [2.24, 2.45) is 23.7 Å². The van der Waals surface area contributed by atoms with Crippen molar-refractivity contribution in [3.63, 3.8) is 0 Å². The Hall–Kier alpha value is -5.19. The van der Waals surface area contributed by atoms with Crippen LogP contribution in [0.5, 0.6) is 0 Å². The first-order valence-corrected chi connectivity index (χ1v) is 28.0. The van der Waals surface area contributed by atoms with E-state index in [1.807, 2.05) is 101 Å². The van der Waals surface area contributed by atoms with Gasteiger partial charge in [0, 0.05) is 45.9 Å². The number of nitrogens with one attached hydrogen (secondary N) is 2. The molecule has 0 spiro atoms. The maximum Gasteiger partial charge on any atom is 0.285 e. The predicted molar refractivity (Wildman–Crippen MR) is 293 cm³/mol. The van der Waals surface area contributed by atoms with Crippen LogP contribution in [0, 0.1) is 23.7 Å². The van der Waals surface area contributed by atoms with Gasteiger partial charge in [-0.3, -0.25) is 38.5 Å². The quantitative estimate of drug-likeness (QED) is 0.0533. The summed E-state index contributed by atoms with van der Waals surface area (Å²) in [6.45, 7) is 16.4. The number of likely N-dealkylation sites (N-methyl/N-ethyl adjacent to an activating group) is 2. The number of carbonyl (C=O) groups is 6. The summed E-state index contributed by atoms with van der Waals surface area (Å²) < 4.78 is 29.2. The van der Waals surface area contributed by atoms with Crippen LogP contribution in [0.15, 0.2) is 66.2 Å². The van der Waals surface area contributed by atoms with Crippen molar-refractivity contribution in [2.45, 2.75) is 123 Å². The van der Waals surface area contributed by atoms with Gasteiger partial charge in [0.1, 0.15) is 11.0 Å². The first-order chi connectivity index (χ1) is 36.9. The highest BCUT2D eigenvalue weighted by Gasteiger charge is 2.44. The average molecular weight is 1090 g/mol. The molecule has 426 valence electrons. The summed E-state index contributed by atoms with van der Waals surface area (Å²) in [5.41, 5.74) is 1.70. The summed E-state index contributed by atoms with van der Waals surface area (Å²) in [6, 6.07) is 13.9. The molecule has 3 aromatic rings. The minimum atomic E-state index is -0.857. The summed E-state index contributed by atoms with van der Waals surface area (Å²) in [4.78, 5) is 97.6. The molecule has 2 N–H and O–H groups in total. The van der Waals surface area contributed by atoms with E-state index in [-0.39, 0.29) is 79.7 Å². The van der Waals surface area contributed by atoms with Crippen molar-refractivity contribution >= 4 is 46.8 Å². The van der Waals surface area contributed by atoms with Gasteiger partial charge in [0.2, 0.25) is 23.6 Å². The molecule has 2 aliphatic rings. The molecule has 2 aliphatic heterocycles. The Morgan fingerprint density at radius 1 is 0.779 bits per heavy atom. The molecule has 1 fully saturated rings. The second-order valence-corrected chi connectivity index (χ2v) is 21.7. The van der Waals surface area contributed by atoms with Crippen LogP contribution >= 0.6 is 11.3 Å². The van der Waals surface area contributed by atoms with Crippen LogP contribution in [0.25, 0.3) is 0 Å². The van der Waals surface area contributed by atoms with E-state index in [0.29, 0.717) is 69.9 Å². The Morgan fingerprint density at radius 2 is 1.39 bits per heavy atom. The number of benzene rings is 2. The lowest BCUT2D eigenvalue weighted by Crippen LogP contribution is -2.60. The topological polar surface area (TPSA) is 208 Å². The molecule has 0 radical (unpaired) electrons. The number of carbonyl (C=O) groups excluding carboxylic acids is 6. The summed E-state index contributed by atoms with van der Waals surface area (Å²) in [5.74, 6) is -2.88. The Balaban J connectivity index is 1.09. The number of hydrogen-bond donors (Lipinski definition) is 2. The fourth-order valence-corrected chi connectivity index (χ4v) is 11.1. The minimum absolute atomic E-state index is 0.00250. The van der Waals surface area contributed by atoms with Crippen LogP contribution in [0.2, 0.25) is 0 Å². The molecule has 6 amide bonds. The fourth-order valence-electron chi connectivity index (χ4n) is 10.4. The Morgan fingerprint density at radius 3 is 1.95 bits per heavy atom. The lowest BCUT2D eigenvalue weighted by atomic mass is 9.89. The largest absolute Gasteiger partial charge is 0.379 e. The molecule has 3 heterocycles. The average Bonchev–Trinajstić information content (AvgIpc) is 4.19. The third-order valence-corrected chi connectivity index (χ3v) is 15.6. The third-order valence-electron chi connectivity index (χ3n) is 14.7. The van der Waals surface area contributed by atoms with Crippen LogP contribution in [0.1, 0.15) is 111 Å². The molecule has 19 nitrogen and oxygen atoms in total. The normalized spacial score (nSPS) is 17.8. The summed E-state index contributed by atoms with van der Waals surface area (Å²) in [7, 11) is 6.74. The Bertz CT molecular complexity index is 2290. The number of aromatic nitrogens is 1. The predicted octanol–water partition coefficient (Wildman–Crippen LogP) is 5.84. The van der Waals surface area contributed by atoms with E-state index in [1.54, 1.807) is 56.6 Å². The molecule has 2 aromatic carbocycles. The number of hydroxylamine groups is 2. The van der Waals surface area contributed by atoms with Crippen molar-refractivity contribution in [1.29, 1.82) is 0 Å². The second kappa shape index (κ2) is 31.4. The SMILES string of the molecule is CC[C@H](C)C([C@@H](CC(=O)N1CCC[C@H]1[C@H](OC)[C@@H](C)C(=O)N[C@@H](Cc1ccccc1)c1nccs1)OC)N(C)C(=O)[C@@H](NC(=O)[C@H](C(C)C)N(C)CCOCCOCCOCCON1C(=O)c2ccccc2C1=O)C(C)C. The number of methoxy groups -OCH3 is 2. The first kappa shape index (κ1) is 62.7. The van der Waals surface area contributed by atoms with Crippen molar-refractivity contribution in [2.75, 3.05) is 87.7 Å². The Kier molecular flexibility index (Phi) is 25.6. The number of thiazole rings is 1. The minimum Gasteiger partial charge on any atom is -0.379 e. The van der Waals surface area contributed by atoms with Gasteiger partial charge in [0.15, 0.2) is 0 Å². The van der Waals surface area contributed by atoms with Crippen LogP contribution in [-0.4, -0.2) is 184 Å². The van der Waals surface area contributed by atoms with Gasteiger partial charge in [-0.2, -0.15) is 0 Å². The van der Waals surface area contributed by atoms with Crippen LogP contribution < -0.4 is 10.6 Å². The third kappa shape index (κ3) is 17.2. The molecule has 0 bridgehead atoms. The number of rotatable bonds is 34. The van der Waals surface area contributed by atoms with Crippen molar-refractivity contribution in [3.8, 4) is 0 Å². The first-order valence-electron chi connectivity index (χ1n) is 27.1. The highest BCUT2D eigenvalue weighted by molar-refractivity contribution is 7.09. The maximum absolute atomic E-state index is 14.7. The lowest BCUT2D eigenvalue weighted by molar-refractivity contribution is -0.148. The van der Waals surface area contributed by atoms with Gasteiger partial charge in [-0.25, -0.2) is 4.98 Å². The zero-order valence-electron chi connectivity index (χ0n) is 47.1. The maximum atomic E-state index is 14.7. The van der Waals surface area contributed by atoms with Gasteiger partial charge >= 0.3 is 0 Å². The van der Waals surface area contributed by atoms with Gasteiger partial charge in [-0.1, -0.05) is 97.4 Å². The monoisotopic (exact) mass is 1090 g/mol. The number of ether oxygens (including phenoxy) is 5. The second-order valence-electron chi connectivity index (χ2n) is 20.7. The smallest absolute Gasteiger partial charge is 0.285 e. The molecule has 1 saturated heterocycles. The van der Waals surface area contributed by atoms with Gasteiger partial charge in [-0.15, -0.1) is 16.4 Å². The van der Waals surface area contributed by atoms with Crippen molar-refractivity contribution in [1.82, 2.24) is 35.4 Å². The number of hydrogen-bond acceptors (Lipinski definition) is 15. The van der Waals surface area contributed by atoms with Crippen LogP contribution in [0.3, 0.4) is 0 Å². The molecule has 0 saturated carbocycles. The molecular weight excluding hydrogens is 1010 g/mol. The number of nitrogens with zero attached hydrogens (tertiary/aromatic N) is 5. The van der Waals surface area contributed by atoms with Crippen LogP contribution in [-0.2, 0) is 54.1 Å². The van der Waals surface area contributed by atoms with E-state index >= 15 is 0 Å². The van der Waals surface area contributed by atoms with Gasteiger partial charge in [0.05, 0.1) is 106 Å². The summed E-state index contributed by atoms with van der Waals surface area (Å²) in [5, 5.41) is 9.81. The summed E-state index contributed by atoms with van der Waals surface area (Å²) in [6.07, 6.45) is 3.19. The van der Waals surface area contributed by atoms with Crippen molar-refractivity contribution < 1.29 is 57.3 Å². The van der Waals surface area contributed by atoms with E-state index in [4.69, 9.17) is 28.5 Å². The molecule has 1 unspecified atom stereocenters. The molecule has 1 aromatic heterocycles. The zero-order chi connectivity index (χ0) is 56.2. The zero-order valence-corrected chi connectivity index (χ0v) is 48.0. The van der Waals surface area contributed by atoms with Gasteiger partial charge < -0.3 is 44.1 Å². The van der Waals surface area contributed by atoms with Gasteiger partial charge in [-0.05, 0) is 61.8 Å². The molecule has 20 heteroatoms. The molecule has 5 rings (SSSR count). The standard InChI is InChI=1S/C57H85N7O12S/c1-12-39(6)50(46(71-10)36-47(65)63-25-18-23-45(63)51(72-11)40(7)52(66)59-44(54-58-24-34-77-54)35-41-19-14-13-15-20-41)62(9)57(70)48(37(2)3)60-53(67)49(38(4)5)61(8)26-27-73-28-29-74-30-31-75-32-33-76-64-55(68)42-21-16-17-22-43(42)56(64)69/h13-17,19-22,24,34,37-40,44-46,48-51H,12,18,23,25-33,35-36H2,1-11H3,(H,59,66)(H,60,67)/t39-,40+,44-,45-,46+,48-,49-,50?,51+/m0/s1. The highest BCUT2D eigenvalue weighted by atomic mass is 32.1.